The van der Waals surface area contributed by atoms with E-state index < -0.39 is 0 Å². The third-order valence-electron chi connectivity index (χ3n) is 6.93. The first-order valence-electron chi connectivity index (χ1n) is 9.83. The lowest BCUT2D eigenvalue weighted by Gasteiger charge is -2.44. The fourth-order valence-electron chi connectivity index (χ4n) is 5.82. The van der Waals surface area contributed by atoms with E-state index in [9.17, 15) is 4.79 Å². The van der Waals surface area contributed by atoms with Crippen molar-refractivity contribution in [2.24, 2.45) is 5.92 Å². The van der Waals surface area contributed by atoms with Crippen LogP contribution in [0.2, 0.25) is 0 Å². The summed E-state index contributed by atoms with van der Waals surface area (Å²) in [5.74, 6) is 0.328. The molecule has 2 aromatic rings. The molecule has 132 valence electrons. The van der Waals surface area contributed by atoms with E-state index in [1.807, 2.05) is 0 Å². The van der Waals surface area contributed by atoms with Crippen LogP contribution in [0.4, 0.5) is 0 Å². The Bertz CT molecular complexity index is 841. The summed E-state index contributed by atoms with van der Waals surface area (Å²) in [5.41, 5.74) is 5.41. The van der Waals surface area contributed by atoms with E-state index in [1.165, 1.54) is 22.3 Å². The van der Waals surface area contributed by atoms with Crippen LogP contribution >= 0.6 is 0 Å². The van der Waals surface area contributed by atoms with Crippen molar-refractivity contribution in [2.75, 3.05) is 0 Å². The Hall–Kier alpha value is -2.13. The highest BCUT2D eigenvalue weighted by molar-refractivity contribution is 5.78. The normalized spacial score (nSPS) is 35.8. The fraction of sp³-hybridized carbons (Fsp3) is 0.435. The molecule has 5 aliphatic rings. The largest absolute Gasteiger partial charge is 0.459 e. The van der Waals surface area contributed by atoms with Gasteiger partial charge in [0.15, 0.2) is 0 Å². The molecule has 4 unspecified atom stereocenters. The van der Waals surface area contributed by atoms with Gasteiger partial charge in [-0.15, -0.1) is 0 Å². The van der Waals surface area contributed by atoms with E-state index in [0.717, 1.165) is 25.7 Å². The third kappa shape index (κ3) is 2.01. The molecule has 0 spiro atoms. The molecule has 4 bridgehead atoms. The molecular formula is C23H22O3. The molecule has 26 heavy (non-hydrogen) atoms. The van der Waals surface area contributed by atoms with E-state index in [0.29, 0.717) is 12.0 Å². The van der Waals surface area contributed by atoms with Crippen molar-refractivity contribution < 1.29 is 14.3 Å². The Morgan fingerprint density at radius 2 is 1.54 bits per heavy atom. The van der Waals surface area contributed by atoms with E-state index in [2.05, 4.69) is 48.5 Å². The van der Waals surface area contributed by atoms with Crippen molar-refractivity contribution in [1.82, 2.24) is 0 Å². The molecule has 2 heterocycles. The highest BCUT2D eigenvalue weighted by Crippen LogP contribution is 2.55. The van der Waals surface area contributed by atoms with E-state index in [1.54, 1.807) is 0 Å². The minimum absolute atomic E-state index is 0.0230. The topological polar surface area (TPSA) is 35.5 Å². The molecule has 7 rings (SSSR count). The van der Waals surface area contributed by atoms with E-state index >= 15 is 0 Å². The summed E-state index contributed by atoms with van der Waals surface area (Å²) in [6.45, 7) is 0. The highest BCUT2D eigenvalue weighted by Gasteiger charge is 2.49. The summed E-state index contributed by atoms with van der Waals surface area (Å²) in [4.78, 5) is 13.2. The van der Waals surface area contributed by atoms with Crippen LogP contribution in [0.3, 0.4) is 0 Å². The molecule has 3 aliphatic carbocycles. The second kappa shape index (κ2) is 5.43. The first-order chi connectivity index (χ1) is 12.8. The zero-order valence-corrected chi connectivity index (χ0v) is 14.6. The third-order valence-corrected chi connectivity index (χ3v) is 6.93. The SMILES string of the molecule is O=C(OC1CC2CCC1O2)C1CC2c3ccccc3C1c1ccccc12. The summed E-state index contributed by atoms with van der Waals surface area (Å²) < 4.78 is 11.9. The van der Waals surface area contributed by atoms with Crippen molar-refractivity contribution in [2.45, 2.75) is 55.8 Å². The van der Waals surface area contributed by atoms with Crippen LogP contribution < -0.4 is 0 Å². The van der Waals surface area contributed by atoms with E-state index in [4.69, 9.17) is 9.47 Å². The van der Waals surface area contributed by atoms with Gasteiger partial charge in [0.05, 0.1) is 18.1 Å². The number of fused-ring (bicyclic) bond motifs is 3. The maximum absolute atomic E-state index is 13.2. The molecule has 2 aromatic carbocycles. The first kappa shape index (κ1) is 15.0. The molecule has 2 saturated heterocycles. The summed E-state index contributed by atoms with van der Waals surface area (Å²) in [6.07, 6.45) is 4.29. The Kier molecular flexibility index (Phi) is 3.13. The van der Waals surface area contributed by atoms with Crippen molar-refractivity contribution >= 4 is 5.97 Å². The van der Waals surface area contributed by atoms with Crippen molar-refractivity contribution in [3.63, 3.8) is 0 Å². The predicted molar refractivity (Wildman–Crippen MR) is 97.1 cm³/mol. The van der Waals surface area contributed by atoms with Gasteiger partial charge < -0.3 is 9.47 Å². The zero-order chi connectivity index (χ0) is 17.3. The number of carbonyl (C=O) groups is 1. The molecule has 2 aliphatic heterocycles. The number of carbonyl (C=O) groups excluding carboxylic acids is 1. The van der Waals surface area contributed by atoms with Crippen LogP contribution in [0.15, 0.2) is 48.5 Å². The average molecular weight is 346 g/mol. The Balaban J connectivity index is 1.36. The highest BCUT2D eigenvalue weighted by atomic mass is 16.6. The minimum atomic E-state index is -0.0797. The van der Waals surface area contributed by atoms with Crippen LogP contribution in [-0.2, 0) is 14.3 Å². The van der Waals surface area contributed by atoms with Gasteiger partial charge in [-0.1, -0.05) is 48.5 Å². The van der Waals surface area contributed by atoms with Gasteiger partial charge in [0, 0.05) is 18.3 Å². The Morgan fingerprint density at radius 3 is 2.12 bits per heavy atom. The number of rotatable bonds is 2. The van der Waals surface area contributed by atoms with Gasteiger partial charge in [-0.05, 0) is 41.5 Å². The second-order valence-corrected chi connectivity index (χ2v) is 8.22. The lowest BCUT2D eigenvalue weighted by molar-refractivity contribution is -0.158. The lowest BCUT2D eigenvalue weighted by Crippen LogP contribution is -2.39. The number of hydrogen-bond acceptors (Lipinski definition) is 3. The van der Waals surface area contributed by atoms with Gasteiger partial charge >= 0.3 is 5.97 Å². The van der Waals surface area contributed by atoms with Crippen LogP contribution in [0.25, 0.3) is 0 Å². The summed E-state index contributed by atoms with van der Waals surface area (Å²) in [7, 11) is 0. The van der Waals surface area contributed by atoms with Gasteiger partial charge in [0.25, 0.3) is 0 Å². The second-order valence-electron chi connectivity index (χ2n) is 8.22. The maximum atomic E-state index is 13.2. The number of hydrogen-bond donors (Lipinski definition) is 0. The molecule has 0 aromatic heterocycles. The fourth-order valence-corrected chi connectivity index (χ4v) is 5.82. The monoisotopic (exact) mass is 346 g/mol. The van der Waals surface area contributed by atoms with Crippen molar-refractivity contribution in [3.05, 3.63) is 70.8 Å². The Morgan fingerprint density at radius 1 is 0.885 bits per heavy atom. The van der Waals surface area contributed by atoms with Crippen molar-refractivity contribution in [3.8, 4) is 0 Å². The van der Waals surface area contributed by atoms with Gasteiger partial charge in [-0.2, -0.15) is 0 Å². The molecule has 4 atom stereocenters. The molecule has 3 heteroatoms. The van der Waals surface area contributed by atoms with Gasteiger partial charge in [0.2, 0.25) is 0 Å². The first-order valence-corrected chi connectivity index (χ1v) is 9.83. The molecule has 0 N–H and O–H groups in total. The minimum Gasteiger partial charge on any atom is -0.459 e. The van der Waals surface area contributed by atoms with Crippen LogP contribution in [0.1, 0.15) is 59.8 Å². The van der Waals surface area contributed by atoms with Gasteiger partial charge in [-0.25, -0.2) is 0 Å². The van der Waals surface area contributed by atoms with Crippen LogP contribution in [0, 0.1) is 5.92 Å². The van der Waals surface area contributed by atoms with Crippen molar-refractivity contribution in [1.29, 1.82) is 0 Å². The molecule has 3 nitrogen and oxygen atoms in total. The molecular weight excluding hydrogens is 324 g/mol. The van der Waals surface area contributed by atoms with E-state index in [-0.39, 0.29) is 30.0 Å². The number of esters is 1. The van der Waals surface area contributed by atoms with Gasteiger partial charge in [0.1, 0.15) is 6.10 Å². The quantitative estimate of drug-likeness (QED) is 0.767. The van der Waals surface area contributed by atoms with Crippen LogP contribution in [-0.4, -0.2) is 24.3 Å². The number of ether oxygens (including phenoxy) is 2. The Labute approximate surface area is 153 Å². The maximum Gasteiger partial charge on any atom is 0.310 e. The predicted octanol–water partition coefficient (Wildman–Crippen LogP) is 4.15. The molecule has 2 fully saturated rings. The molecule has 0 saturated carbocycles. The smallest absolute Gasteiger partial charge is 0.310 e. The average Bonchev–Trinajstić information content (AvgIpc) is 3.31. The standard InChI is InChI=1S/C23H22O3/c24-23(26-21-11-13-9-10-20(21)25-13)19-12-18-14-5-1-3-7-16(14)22(19)17-8-4-2-6-15(17)18/h1-8,13,18-22H,9-12H2. The summed E-state index contributed by atoms with van der Waals surface area (Å²) in [6, 6.07) is 17.3. The molecule has 0 amide bonds. The summed E-state index contributed by atoms with van der Waals surface area (Å²) >= 11 is 0. The van der Waals surface area contributed by atoms with Gasteiger partial charge in [-0.3, -0.25) is 4.79 Å². The lowest BCUT2D eigenvalue weighted by atomic mass is 9.59. The molecule has 0 radical (unpaired) electrons. The van der Waals surface area contributed by atoms with Crippen LogP contribution in [0.5, 0.6) is 0 Å². The summed E-state index contributed by atoms with van der Waals surface area (Å²) in [5, 5.41) is 0. The number of benzene rings is 2. The zero-order valence-electron chi connectivity index (χ0n) is 14.6.